The number of hydrogen-bond acceptors (Lipinski definition) is 3. The van der Waals surface area contributed by atoms with Crippen LogP contribution in [0.5, 0.6) is 0 Å². The van der Waals surface area contributed by atoms with Crippen molar-refractivity contribution in [1.82, 2.24) is 15.0 Å². The van der Waals surface area contributed by atoms with Gasteiger partial charge in [-0.05, 0) is 67.8 Å². The lowest BCUT2D eigenvalue weighted by Gasteiger charge is -2.19. The molecule has 9 rings (SSSR count). The Morgan fingerprint density at radius 1 is 0.204 bits per heavy atom. The predicted octanol–water partition coefficient (Wildman–Crippen LogP) is 13.2. The van der Waals surface area contributed by atoms with Crippen molar-refractivity contribution < 1.29 is 0 Å². The van der Waals surface area contributed by atoms with E-state index < -0.39 is 0 Å². The predicted molar refractivity (Wildman–Crippen MR) is 223 cm³/mol. The van der Waals surface area contributed by atoms with Gasteiger partial charge in [0.15, 0.2) is 17.5 Å². The van der Waals surface area contributed by atoms with Gasteiger partial charge in [-0.3, -0.25) is 0 Å². The fourth-order valence-corrected chi connectivity index (χ4v) is 7.02. The van der Waals surface area contributed by atoms with E-state index in [-0.39, 0.29) is 0 Å². The van der Waals surface area contributed by atoms with Gasteiger partial charge in [-0.25, -0.2) is 15.0 Å². The maximum atomic E-state index is 5.06. The zero-order valence-electron chi connectivity index (χ0n) is 29.5. The third kappa shape index (κ3) is 6.74. The summed E-state index contributed by atoms with van der Waals surface area (Å²) < 4.78 is 0. The Morgan fingerprint density at radius 2 is 0.463 bits per heavy atom. The van der Waals surface area contributed by atoms with Crippen LogP contribution in [0.1, 0.15) is 0 Å². The second kappa shape index (κ2) is 14.8. The summed E-state index contributed by atoms with van der Waals surface area (Å²) in [7, 11) is 0. The molecule has 3 heteroatoms. The highest BCUT2D eigenvalue weighted by Crippen LogP contribution is 2.43. The van der Waals surface area contributed by atoms with E-state index in [1.54, 1.807) is 0 Å². The summed E-state index contributed by atoms with van der Waals surface area (Å²) in [6.45, 7) is 0. The third-order valence-electron chi connectivity index (χ3n) is 9.76. The number of benzene rings is 8. The van der Waals surface area contributed by atoms with E-state index in [0.717, 1.165) is 27.8 Å². The molecule has 0 fully saturated rings. The lowest BCUT2D eigenvalue weighted by atomic mass is 9.84. The average Bonchev–Trinajstić information content (AvgIpc) is 3.27. The van der Waals surface area contributed by atoms with Crippen molar-refractivity contribution in [3.05, 3.63) is 212 Å². The van der Waals surface area contributed by atoms with Crippen LogP contribution in [0.4, 0.5) is 0 Å². The molecular weight excluding hydrogens is 655 g/mol. The second-order valence-electron chi connectivity index (χ2n) is 13.2. The molecule has 0 saturated heterocycles. The largest absolute Gasteiger partial charge is 0.208 e. The van der Waals surface area contributed by atoms with Gasteiger partial charge in [0, 0.05) is 16.7 Å². The van der Waals surface area contributed by atoms with Crippen molar-refractivity contribution in [3.63, 3.8) is 0 Å². The minimum Gasteiger partial charge on any atom is -0.208 e. The molecule has 54 heavy (non-hydrogen) atoms. The summed E-state index contributed by atoms with van der Waals surface area (Å²) >= 11 is 0. The van der Waals surface area contributed by atoms with Gasteiger partial charge >= 0.3 is 0 Å². The van der Waals surface area contributed by atoms with Crippen LogP contribution in [0.25, 0.3) is 89.8 Å². The number of nitrogens with zero attached hydrogens (tertiary/aromatic N) is 3. The molecule has 0 amide bonds. The Labute approximate surface area is 316 Å². The van der Waals surface area contributed by atoms with Gasteiger partial charge in [-0.1, -0.05) is 200 Å². The molecule has 0 atom stereocenters. The van der Waals surface area contributed by atoms with Gasteiger partial charge in [0.2, 0.25) is 0 Å². The van der Waals surface area contributed by atoms with Crippen molar-refractivity contribution >= 4 is 0 Å². The molecule has 9 aromatic rings. The van der Waals surface area contributed by atoms with Crippen LogP contribution < -0.4 is 0 Å². The summed E-state index contributed by atoms with van der Waals surface area (Å²) in [6.07, 6.45) is 0. The van der Waals surface area contributed by atoms with Crippen LogP contribution >= 0.6 is 0 Å². The van der Waals surface area contributed by atoms with Gasteiger partial charge in [0.1, 0.15) is 0 Å². The van der Waals surface area contributed by atoms with Crippen LogP contribution in [0.15, 0.2) is 212 Å². The van der Waals surface area contributed by atoms with Crippen LogP contribution in [0.2, 0.25) is 0 Å². The van der Waals surface area contributed by atoms with Gasteiger partial charge in [0.05, 0.1) is 0 Å². The Balaban J connectivity index is 1.17. The maximum absolute atomic E-state index is 5.06. The standard InChI is InChI=1S/C51H35N3/c1-6-16-36(17-7-1)38-26-30-43(31-27-38)50-52-49(42-24-14-5-15-25-42)53-51(54-50)44-32-28-41(29-33-44)48-46(39-20-10-3-11-21-39)34-45(37-18-8-2-9-19-37)35-47(48)40-22-12-4-13-23-40/h1-35H. The number of rotatable bonds is 8. The SMILES string of the molecule is c1ccc(-c2ccc(-c3nc(-c4ccccc4)nc(-c4ccc(-c5c(-c6ccccc6)cc(-c6ccccc6)cc5-c5ccccc5)cc4)n3)cc2)cc1. The monoisotopic (exact) mass is 689 g/mol. The fourth-order valence-electron chi connectivity index (χ4n) is 7.02. The lowest BCUT2D eigenvalue weighted by Crippen LogP contribution is -2.00. The summed E-state index contributed by atoms with van der Waals surface area (Å²) in [4.78, 5) is 15.0. The molecular formula is C51H35N3. The van der Waals surface area contributed by atoms with Crippen molar-refractivity contribution in [2.45, 2.75) is 0 Å². The quantitative estimate of drug-likeness (QED) is 0.159. The van der Waals surface area contributed by atoms with Gasteiger partial charge in [-0.2, -0.15) is 0 Å². The molecule has 0 N–H and O–H groups in total. The average molecular weight is 690 g/mol. The number of aromatic nitrogens is 3. The first-order chi connectivity index (χ1) is 26.8. The van der Waals surface area contributed by atoms with Crippen LogP contribution in [0.3, 0.4) is 0 Å². The van der Waals surface area contributed by atoms with Crippen LogP contribution in [-0.2, 0) is 0 Å². The Bertz CT molecular complexity index is 2580. The first-order valence-corrected chi connectivity index (χ1v) is 18.2. The van der Waals surface area contributed by atoms with Crippen LogP contribution in [0, 0.1) is 0 Å². The van der Waals surface area contributed by atoms with Crippen molar-refractivity contribution in [3.8, 4) is 89.8 Å². The normalized spacial score (nSPS) is 11.0. The summed E-state index contributed by atoms with van der Waals surface area (Å²) in [6, 6.07) is 74.3. The lowest BCUT2D eigenvalue weighted by molar-refractivity contribution is 1.07. The maximum Gasteiger partial charge on any atom is 0.164 e. The molecule has 0 spiro atoms. The molecule has 0 radical (unpaired) electrons. The molecule has 1 aromatic heterocycles. The van der Waals surface area contributed by atoms with E-state index in [0.29, 0.717) is 17.5 Å². The molecule has 0 aliphatic carbocycles. The zero-order chi connectivity index (χ0) is 36.1. The molecule has 0 unspecified atom stereocenters. The topological polar surface area (TPSA) is 38.7 Å². The second-order valence-corrected chi connectivity index (χ2v) is 13.2. The Kier molecular flexibility index (Phi) is 8.94. The van der Waals surface area contributed by atoms with Gasteiger partial charge in [-0.15, -0.1) is 0 Å². The molecule has 0 aliphatic rings. The minimum atomic E-state index is 0.628. The van der Waals surface area contributed by atoms with Crippen molar-refractivity contribution in [2.24, 2.45) is 0 Å². The van der Waals surface area contributed by atoms with E-state index in [4.69, 9.17) is 15.0 Å². The van der Waals surface area contributed by atoms with Crippen molar-refractivity contribution in [1.29, 1.82) is 0 Å². The minimum absolute atomic E-state index is 0.628. The fraction of sp³-hybridized carbons (Fsp3) is 0. The summed E-state index contributed by atoms with van der Waals surface area (Å²) in [5.74, 6) is 1.90. The highest BCUT2D eigenvalue weighted by Gasteiger charge is 2.18. The highest BCUT2D eigenvalue weighted by atomic mass is 15.0. The molecule has 3 nitrogen and oxygen atoms in total. The highest BCUT2D eigenvalue weighted by molar-refractivity contribution is 5.98. The van der Waals surface area contributed by atoms with Crippen molar-refractivity contribution in [2.75, 3.05) is 0 Å². The Hall–Kier alpha value is -7.23. The van der Waals surface area contributed by atoms with E-state index in [1.165, 1.54) is 44.5 Å². The van der Waals surface area contributed by atoms with Crippen LogP contribution in [-0.4, -0.2) is 15.0 Å². The van der Waals surface area contributed by atoms with E-state index in [1.807, 2.05) is 36.4 Å². The van der Waals surface area contributed by atoms with Gasteiger partial charge < -0.3 is 0 Å². The molecule has 1 heterocycles. The summed E-state index contributed by atoms with van der Waals surface area (Å²) in [5, 5.41) is 0. The molecule has 0 aliphatic heterocycles. The molecule has 0 saturated carbocycles. The van der Waals surface area contributed by atoms with E-state index in [2.05, 4.69) is 176 Å². The first-order valence-electron chi connectivity index (χ1n) is 18.2. The number of hydrogen-bond donors (Lipinski definition) is 0. The van der Waals surface area contributed by atoms with E-state index in [9.17, 15) is 0 Å². The Morgan fingerprint density at radius 3 is 0.852 bits per heavy atom. The van der Waals surface area contributed by atoms with Gasteiger partial charge in [0.25, 0.3) is 0 Å². The summed E-state index contributed by atoms with van der Waals surface area (Å²) in [5.41, 5.74) is 14.5. The molecule has 0 bridgehead atoms. The molecule has 8 aromatic carbocycles. The third-order valence-corrected chi connectivity index (χ3v) is 9.76. The zero-order valence-corrected chi connectivity index (χ0v) is 29.5. The smallest absolute Gasteiger partial charge is 0.164 e. The first kappa shape index (κ1) is 32.7. The van der Waals surface area contributed by atoms with E-state index >= 15 is 0 Å². The molecule has 254 valence electrons.